The van der Waals surface area contributed by atoms with Crippen LogP contribution in [0.1, 0.15) is 0 Å². The number of rotatable bonds is 1. The average Bonchev–Trinajstić information content (AvgIpc) is 2.38. The predicted octanol–water partition coefficient (Wildman–Crippen LogP) is 1.97. The van der Waals surface area contributed by atoms with Crippen LogP contribution in [0.5, 0.6) is 11.5 Å². The number of aliphatic hydroxyl groups excluding tert-OH is 1. The Hall–Kier alpha value is -1.74. The highest BCUT2D eigenvalue weighted by atomic mass is 16.6. The Kier molecular flexibility index (Phi) is 2.18. The zero-order valence-electron chi connectivity index (χ0n) is 8.72. The van der Waals surface area contributed by atoms with E-state index in [1.54, 1.807) is 0 Å². The van der Waals surface area contributed by atoms with Crippen molar-refractivity contribution in [3.63, 3.8) is 0 Å². The maximum atomic E-state index is 9.08. The molecule has 0 aliphatic carbocycles. The molecule has 0 fully saturated rings. The van der Waals surface area contributed by atoms with E-state index in [2.05, 4.69) is 0 Å². The Morgan fingerprint density at radius 2 is 2.06 bits per heavy atom. The summed E-state index contributed by atoms with van der Waals surface area (Å²) in [6, 6.07) is 11.9. The van der Waals surface area contributed by atoms with Gasteiger partial charge in [-0.3, -0.25) is 0 Å². The predicted molar refractivity (Wildman–Crippen MR) is 60.9 cm³/mol. The highest BCUT2D eigenvalue weighted by molar-refractivity contribution is 5.90. The van der Waals surface area contributed by atoms with Crippen LogP contribution in [0.25, 0.3) is 10.8 Å². The van der Waals surface area contributed by atoms with Crippen molar-refractivity contribution in [1.82, 2.24) is 0 Å². The lowest BCUT2D eigenvalue weighted by Crippen LogP contribution is -2.32. The third kappa shape index (κ3) is 1.41. The Balaban J connectivity index is 2.17. The van der Waals surface area contributed by atoms with Crippen molar-refractivity contribution in [2.24, 2.45) is 0 Å². The van der Waals surface area contributed by atoms with Gasteiger partial charge in [-0.2, -0.15) is 0 Å². The molecule has 0 spiro atoms. The minimum Gasteiger partial charge on any atom is -0.486 e. The molecule has 3 nitrogen and oxygen atoms in total. The van der Waals surface area contributed by atoms with E-state index < -0.39 is 0 Å². The lowest BCUT2D eigenvalue weighted by molar-refractivity contribution is 0.0472. The van der Waals surface area contributed by atoms with Crippen molar-refractivity contribution in [2.75, 3.05) is 13.2 Å². The summed E-state index contributed by atoms with van der Waals surface area (Å²) in [7, 11) is 0. The molecule has 0 saturated heterocycles. The fraction of sp³-hybridized carbons (Fsp3) is 0.231. The van der Waals surface area contributed by atoms with Crippen LogP contribution in [0, 0.1) is 0 Å². The number of aliphatic hydroxyl groups is 1. The lowest BCUT2D eigenvalue weighted by Gasteiger charge is -2.26. The molecular formula is C13H12O3. The zero-order chi connectivity index (χ0) is 11.0. The van der Waals surface area contributed by atoms with E-state index in [1.165, 1.54) is 0 Å². The van der Waals surface area contributed by atoms with Crippen LogP contribution >= 0.6 is 0 Å². The van der Waals surface area contributed by atoms with Crippen LogP contribution < -0.4 is 9.47 Å². The Morgan fingerprint density at radius 1 is 1.19 bits per heavy atom. The van der Waals surface area contributed by atoms with E-state index in [-0.39, 0.29) is 12.7 Å². The van der Waals surface area contributed by atoms with E-state index in [1.807, 2.05) is 36.4 Å². The van der Waals surface area contributed by atoms with E-state index in [0.717, 1.165) is 22.3 Å². The maximum Gasteiger partial charge on any atom is 0.169 e. The van der Waals surface area contributed by atoms with Gasteiger partial charge >= 0.3 is 0 Å². The number of benzene rings is 2. The van der Waals surface area contributed by atoms with Crippen LogP contribution in [-0.2, 0) is 0 Å². The molecule has 0 unspecified atom stereocenters. The molecule has 1 heterocycles. The molecule has 1 atom stereocenters. The molecule has 0 bridgehead atoms. The summed E-state index contributed by atoms with van der Waals surface area (Å²) in [4.78, 5) is 0. The molecule has 1 N–H and O–H groups in total. The Labute approximate surface area is 93.2 Å². The van der Waals surface area contributed by atoms with Gasteiger partial charge in [0.15, 0.2) is 17.6 Å². The molecule has 82 valence electrons. The molecule has 0 radical (unpaired) electrons. The number of ether oxygens (including phenoxy) is 2. The van der Waals surface area contributed by atoms with Crippen molar-refractivity contribution < 1.29 is 14.6 Å². The van der Waals surface area contributed by atoms with E-state index in [4.69, 9.17) is 14.6 Å². The topological polar surface area (TPSA) is 38.7 Å². The molecule has 2 aromatic carbocycles. The van der Waals surface area contributed by atoms with E-state index in [9.17, 15) is 0 Å². The molecule has 1 aliphatic rings. The van der Waals surface area contributed by atoms with Gasteiger partial charge in [0.25, 0.3) is 0 Å². The van der Waals surface area contributed by atoms with Crippen LogP contribution in [0.15, 0.2) is 36.4 Å². The third-order valence-corrected chi connectivity index (χ3v) is 2.76. The first-order valence-corrected chi connectivity index (χ1v) is 5.30. The highest BCUT2D eigenvalue weighted by Gasteiger charge is 2.21. The first kappa shape index (κ1) is 9.48. The van der Waals surface area contributed by atoms with Crippen molar-refractivity contribution in [3.8, 4) is 11.5 Å². The summed E-state index contributed by atoms with van der Waals surface area (Å²) in [5, 5.41) is 11.2. The minimum absolute atomic E-state index is 0.0251. The average molecular weight is 216 g/mol. The van der Waals surface area contributed by atoms with Crippen LogP contribution in [0.4, 0.5) is 0 Å². The van der Waals surface area contributed by atoms with Gasteiger partial charge in [0.1, 0.15) is 6.61 Å². The largest absolute Gasteiger partial charge is 0.486 e. The second kappa shape index (κ2) is 3.68. The van der Waals surface area contributed by atoms with Gasteiger partial charge in [-0.1, -0.05) is 30.3 Å². The highest BCUT2D eigenvalue weighted by Crippen LogP contribution is 2.38. The zero-order valence-corrected chi connectivity index (χ0v) is 8.72. The normalized spacial score (nSPS) is 18.7. The van der Waals surface area contributed by atoms with Gasteiger partial charge in [0.05, 0.1) is 6.61 Å². The van der Waals surface area contributed by atoms with Gasteiger partial charge < -0.3 is 14.6 Å². The number of fused-ring (bicyclic) bond motifs is 3. The fourth-order valence-corrected chi connectivity index (χ4v) is 1.93. The minimum atomic E-state index is -0.265. The first-order chi connectivity index (χ1) is 7.88. The molecule has 3 rings (SSSR count). The Morgan fingerprint density at radius 3 is 2.94 bits per heavy atom. The molecule has 0 amide bonds. The fourth-order valence-electron chi connectivity index (χ4n) is 1.93. The van der Waals surface area contributed by atoms with Crippen molar-refractivity contribution >= 4 is 10.8 Å². The van der Waals surface area contributed by atoms with Crippen LogP contribution in [0.2, 0.25) is 0 Å². The van der Waals surface area contributed by atoms with Gasteiger partial charge in [-0.25, -0.2) is 0 Å². The summed E-state index contributed by atoms with van der Waals surface area (Å²) in [6.45, 7) is 0.379. The first-order valence-electron chi connectivity index (χ1n) is 5.30. The quantitative estimate of drug-likeness (QED) is 0.792. The smallest absolute Gasteiger partial charge is 0.169 e. The second-order valence-corrected chi connectivity index (χ2v) is 3.85. The number of hydrogen-bond donors (Lipinski definition) is 1. The summed E-state index contributed by atoms with van der Waals surface area (Å²) in [5.41, 5.74) is 0. The maximum absolute atomic E-state index is 9.08. The van der Waals surface area contributed by atoms with Gasteiger partial charge in [0, 0.05) is 5.39 Å². The summed E-state index contributed by atoms with van der Waals surface area (Å²) in [5.74, 6) is 1.49. The third-order valence-electron chi connectivity index (χ3n) is 2.76. The van der Waals surface area contributed by atoms with Crippen LogP contribution in [0.3, 0.4) is 0 Å². The lowest BCUT2D eigenvalue weighted by atomic mass is 10.1. The molecule has 0 saturated carbocycles. The van der Waals surface area contributed by atoms with Gasteiger partial charge in [-0.05, 0) is 11.5 Å². The molecule has 3 heteroatoms. The molecule has 16 heavy (non-hydrogen) atoms. The molecular weight excluding hydrogens is 204 g/mol. The summed E-state index contributed by atoms with van der Waals surface area (Å²) >= 11 is 0. The SMILES string of the molecule is OC[C@@H]1COc2ccc3ccccc3c2O1. The van der Waals surface area contributed by atoms with Gasteiger partial charge in [-0.15, -0.1) is 0 Å². The van der Waals surface area contributed by atoms with Crippen molar-refractivity contribution in [3.05, 3.63) is 36.4 Å². The van der Waals surface area contributed by atoms with Crippen molar-refractivity contribution in [2.45, 2.75) is 6.10 Å². The molecule has 0 aromatic heterocycles. The van der Waals surface area contributed by atoms with E-state index in [0.29, 0.717) is 6.61 Å². The summed E-state index contributed by atoms with van der Waals surface area (Å²) in [6.07, 6.45) is -0.265. The van der Waals surface area contributed by atoms with E-state index >= 15 is 0 Å². The van der Waals surface area contributed by atoms with Crippen LogP contribution in [-0.4, -0.2) is 24.4 Å². The molecule has 2 aromatic rings. The second-order valence-electron chi connectivity index (χ2n) is 3.85. The number of hydrogen-bond acceptors (Lipinski definition) is 3. The van der Waals surface area contributed by atoms with Crippen molar-refractivity contribution in [1.29, 1.82) is 0 Å². The monoisotopic (exact) mass is 216 g/mol. The summed E-state index contributed by atoms with van der Waals surface area (Å²) < 4.78 is 11.3. The standard InChI is InChI=1S/C13H12O3/c14-7-10-8-15-12-6-5-9-3-1-2-4-11(9)13(12)16-10/h1-6,10,14H,7-8H2/t10-/m1/s1. The molecule has 1 aliphatic heterocycles. The van der Waals surface area contributed by atoms with Gasteiger partial charge in [0.2, 0.25) is 0 Å². The Bertz CT molecular complexity index is 522.